The fourth-order valence-electron chi connectivity index (χ4n) is 1.20. The molecule has 0 aliphatic carbocycles. The molecule has 120 valence electrons. The van der Waals surface area contributed by atoms with E-state index in [4.69, 9.17) is 0 Å². The smallest absolute Gasteiger partial charge is 0.744 e. The number of rotatable bonds is 2. The molecule has 6 nitrogen and oxygen atoms in total. The molecule has 0 unspecified atom stereocenters. The molecular weight excluding hydrogens is 604 g/mol. The van der Waals surface area contributed by atoms with Crippen LogP contribution in [0.2, 0.25) is 0 Å². The minimum absolute atomic E-state index is 0. The zero-order valence-corrected chi connectivity index (χ0v) is 22.6. The van der Waals surface area contributed by atoms with Crippen molar-refractivity contribution in [1.29, 1.82) is 0 Å². The van der Waals surface area contributed by atoms with E-state index < -0.39 is 20.2 Å². The zero-order valence-electron chi connectivity index (χ0n) is 12.6. The molecule has 0 fully saturated rings. The molecule has 0 saturated heterocycles. The third-order valence-corrected chi connectivity index (χ3v) is 5.34. The van der Waals surface area contributed by atoms with E-state index in [1.54, 1.807) is 24.3 Å². The van der Waals surface area contributed by atoms with Gasteiger partial charge in [-0.3, -0.25) is 0 Å². The summed E-state index contributed by atoms with van der Waals surface area (Å²) in [6.45, 7) is 0. The molecule has 0 aliphatic rings. The topological polar surface area (TPSA) is 114 Å². The molecule has 0 heterocycles. The first-order valence-electron chi connectivity index (χ1n) is 5.43. The van der Waals surface area contributed by atoms with Crippen molar-refractivity contribution in [2.75, 3.05) is 0 Å². The Labute approximate surface area is 212 Å². The van der Waals surface area contributed by atoms with Gasteiger partial charge >= 0.3 is 59.1 Å². The summed E-state index contributed by atoms with van der Waals surface area (Å²) < 4.78 is 64.1. The van der Waals surface area contributed by atoms with E-state index in [0.29, 0.717) is 0 Å². The summed E-state index contributed by atoms with van der Waals surface area (Å²) in [5.41, 5.74) is 0. The summed E-state index contributed by atoms with van der Waals surface area (Å²) in [7, 11) is -8.55. The van der Waals surface area contributed by atoms with Crippen molar-refractivity contribution in [2.45, 2.75) is 9.79 Å². The summed E-state index contributed by atoms with van der Waals surface area (Å²) in [6.07, 6.45) is 0. The zero-order chi connectivity index (χ0) is 17.0. The minimum Gasteiger partial charge on any atom is -0.744 e. The Kier molecular flexibility index (Phi) is 14.2. The van der Waals surface area contributed by atoms with Gasteiger partial charge in [0.1, 0.15) is 20.2 Å². The molecule has 2 aromatic carbocycles. The number of halogens is 2. The molecule has 12 heteroatoms. The van der Waals surface area contributed by atoms with Crippen LogP contribution in [0.1, 0.15) is 0 Å². The molecule has 0 N–H and O–H groups in total. The van der Waals surface area contributed by atoms with Crippen LogP contribution < -0.4 is 59.1 Å². The van der Waals surface area contributed by atoms with Gasteiger partial charge in [-0.25, -0.2) is 16.8 Å². The predicted molar refractivity (Wildman–Crippen MR) is 94.2 cm³/mol. The molecule has 0 aromatic heterocycles. The second kappa shape index (κ2) is 12.2. The van der Waals surface area contributed by atoms with Gasteiger partial charge in [0.25, 0.3) is 0 Å². The van der Waals surface area contributed by atoms with Crippen molar-refractivity contribution in [3.63, 3.8) is 0 Å². The number of benzene rings is 2. The van der Waals surface area contributed by atoms with Crippen LogP contribution in [0.5, 0.6) is 0 Å². The normalized spacial score (nSPS) is 10.5. The molecule has 0 amide bonds. The molecule has 0 saturated carbocycles. The maximum atomic E-state index is 10.4. The first-order chi connectivity index (χ1) is 10.00. The van der Waals surface area contributed by atoms with E-state index in [-0.39, 0.29) is 68.9 Å². The fraction of sp³-hybridized carbons (Fsp3) is 0. The van der Waals surface area contributed by atoms with Gasteiger partial charge in [0.15, 0.2) is 0 Å². The third-order valence-electron chi connectivity index (χ3n) is 2.20. The van der Waals surface area contributed by atoms with Gasteiger partial charge in [0.2, 0.25) is 0 Å². The van der Waals surface area contributed by atoms with Crippen LogP contribution in [-0.2, 0) is 20.2 Å². The molecule has 0 atom stereocenters. The van der Waals surface area contributed by atoms with Crippen LogP contribution >= 0.6 is 45.2 Å². The average molecular weight is 612 g/mol. The van der Waals surface area contributed by atoms with Crippen LogP contribution in [-0.4, -0.2) is 25.9 Å². The summed E-state index contributed by atoms with van der Waals surface area (Å²) >= 11 is 4.06. The van der Waals surface area contributed by atoms with Gasteiger partial charge in [0.05, 0.1) is 9.79 Å². The maximum Gasteiger partial charge on any atom is 1.00 e. The van der Waals surface area contributed by atoms with Crippen LogP contribution in [0.4, 0.5) is 0 Å². The van der Waals surface area contributed by atoms with Crippen LogP contribution in [0.25, 0.3) is 0 Å². The molecule has 2 aromatic rings. The van der Waals surface area contributed by atoms with Crippen molar-refractivity contribution in [3.05, 3.63) is 55.7 Å². The van der Waals surface area contributed by atoms with Crippen molar-refractivity contribution in [1.82, 2.24) is 0 Å². The molecule has 0 radical (unpaired) electrons. The Morgan fingerprint density at radius 1 is 0.583 bits per heavy atom. The van der Waals surface area contributed by atoms with Gasteiger partial charge < -0.3 is 9.11 Å². The van der Waals surface area contributed by atoms with Crippen LogP contribution in [0.3, 0.4) is 0 Å². The van der Waals surface area contributed by atoms with E-state index >= 15 is 0 Å². The van der Waals surface area contributed by atoms with Crippen molar-refractivity contribution >= 4 is 65.4 Å². The van der Waals surface area contributed by atoms with Gasteiger partial charge in [-0.1, -0.05) is 0 Å². The van der Waals surface area contributed by atoms with Crippen LogP contribution in [0.15, 0.2) is 58.3 Å². The van der Waals surface area contributed by atoms with E-state index in [1.165, 1.54) is 24.3 Å². The fourth-order valence-corrected chi connectivity index (χ4v) is 2.86. The maximum absolute atomic E-state index is 10.4. The second-order valence-electron chi connectivity index (χ2n) is 3.82. The summed E-state index contributed by atoms with van der Waals surface area (Å²) in [5.74, 6) is 0. The van der Waals surface area contributed by atoms with Gasteiger partial charge in [-0.15, -0.1) is 0 Å². The van der Waals surface area contributed by atoms with Gasteiger partial charge in [-0.2, -0.15) is 0 Å². The quantitative estimate of drug-likeness (QED) is 0.197. The van der Waals surface area contributed by atoms with Crippen molar-refractivity contribution < 1.29 is 85.1 Å². The summed E-state index contributed by atoms with van der Waals surface area (Å²) in [6, 6.07) is 11.5. The standard InChI is InChI=1S/2C6H5IO3S.2Na/c2*7-5-1-3-6(4-2-5)11(8,9)10;;/h2*1-4H,(H,8,9,10);;/q;;2*+1/p-2. The third kappa shape index (κ3) is 10.8. The van der Waals surface area contributed by atoms with Crippen LogP contribution in [0, 0.1) is 7.14 Å². The number of hydrogen-bond donors (Lipinski definition) is 0. The van der Waals surface area contributed by atoms with Crippen molar-refractivity contribution in [3.8, 4) is 0 Å². The Morgan fingerprint density at radius 2 is 0.792 bits per heavy atom. The first-order valence-corrected chi connectivity index (χ1v) is 10.4. The van der Waals surface area contributed by atoms with Crippen molar-refractivity contribution in [2.24, 2.45) is 0 Å². The Balaban J connectivity index is 0. The monoisotopic (exact) mass is 612 g/mol. The molecule has 0 bridgehead atoms. The Morgan fingerprint density at radius 3 is 0.958 bits per heavy atom. The predicted octanol–water partition coefficient (Wildman–Crippen LogP) is -3.60. The first kappa shape index (κ1) is 27.9. The van der Waals surface area contributed by atoms with Gasteiger partial charge in [-0.05, 0) is 93.7 Å². The Bertz CT molecular complexity index is 765. The SMILES string of the molecule is O=S(=O)([O-])c1ccc(I)cc1.O=S(=O)([O-])c1ccc(I)cc1.[Na+].[Na+]. The molecule has 2 rings (SSSR count). The van der Waals surface area contributed by atoms with E-state index in [0.717, 1.165) is 7.14 Å². The summed E-state index contributed by atoms with van der Waals surface area (Å²) in [5, 5.41) is 0. The molecule has 24 heavy (non-hydrogen) atoms. The molecule has 0 spiro atoms. The Hall–Kier alpha value is 1.72. The largest absolute Gasteiger partial charge is 1.00 e. The van der Waals surface area contributed by atoms with E-state index in [2.05, 4.69) is 0 Å². The second-order valence-corrected chi connectivity index (χ2v) is 9.07. The van der Waals surface area contributed by atoms with E-state index in [9.17, 15) is 25.9 Å². The molecular formula is C12H8I2Na2O6S2. The van der Waals surface area contributed by atoms with E-state index in [1.807, 2.05) is 45.2 Å². The average Bonchev–Trinajstić information content (AvgIpc) is 2.38. The van der Waals surface area contributed by atoms with Gasteiger partial charge in [0, 0.05) is 7.14 Å². The summed E-state index contributed by atoms with van der Waals surface area (Å²) in [4.78, 5) is -0.365. The number of hydrogen-bond acceptors (Lipinski definition) is 6. The molecule has 0 aliphatic heterocycles. The minimum atomic E-state index is -4.27.